The van der Waals surface area contributed by atoms with Gasteiger partial charge in [-0.25, -0.2) is 4.79 Å². The average molecular weight is 401 g/mol. The molecule has 6 nitrogen and oxygen atoms in total. The molecular formula is C17H18F3N3O3S. The van der Waals surface area contributed by atoms with Crippen LogP contribution in [-0.4, -0.2) is 40.6 Å². The molecule has 2 aromatic rings. The molecule has 146 valence electrons. The fraction of sp³-hybridized carbons (Fsp3) is 0.294. The van der Waals surface area contributed by atoms with Crippen molar-refractivity contribution in [3.8, 4) is 0 Å². The number of alkyl halides is 3. The van der Waals surface area contributed by atoms with Crippen molar-refractivity contribution in [2.75, 3.05) is 17.7 Å². The maximum Gasteiger partial charge on any atom is 0.490 e. The Bertz CT molecular complexity index is 887. The molecule has 0 aromatic heterocycles. The molecule has 4 N–H and O–H groups in total. The number of nitrogens with two attached hydrogens (primary N) is 1. The van der Waals surface area contributed by atoms with Crippen LogP contribution in [0.2, 0.25) is 0 Å². The molecule has 1 aliphatic rings. The lowest BCUT2D eigenvalue weighted by Crippen LogP contribution is -2.35. The van der Waals surface area contributed by atoms with E-state index in [0.717, 1.165) is 27.9 Å². The van der Waals surface area contributed by atoms with Crippen LogP contribution < -0.4 is 10.6 Å². The van der Waals surface area contributed by atoms with Crippen LogP contribution in [0.4, 0.5) is 18.9 Å². The first kappa shape index (κ1) is 20.8. The molecule has 0 radical (unpaired) electrons. The Morgan fingerprint density at radius 1 is 1.33 bits per heavy atom. The minimum atomic E-state index is -5.08. The Hall–Kier alpha value is -2.46. The maximum atomic E-state index is 11.9. The molecule has 2 aromatic carbocycles. The lowest BCUT2D eigenvalue weighted by Gasteiger charge is -2.17. The zero-order valence-corrected chi connectivity index (χ0v) is 15.3. The predicted octanol–water partition coefficient (Wildman–Crippen LogP) is 3.03. The van der Waals surface area contributed by atoms with Crippen LogP contribution in [0.3, 0.4) is 0 Å². The number of anilines is 1. The SMILES string of the molecule is CC1CN(C(=N)N)c2ccc3c([S+](C)[O-])cccc3c21.O=C(O)C(F)(F)F. The molecule has 2 atom stereocenters. The quantitative estimate of drug-likeness (QED) is 0.386. The van der Waals surface area contributed by atoms with Gasteiger partial charge in [0, 0.05) is 23.5 Å². The zero-order valence-electron chi connectivity index (χ0n) is 14.5. The molecule has 1 heterocycles. The molecule has 0 amide bonds. The van der Waals surface area contributed by atoms with Gasteiger partial charge in [0.1, 0.15) is 6.26 Å². The number of hydrogen-bond acceptors (Lipinski definition) is 3. The Labute approximate surface area is 156 Å². The first-order chi connectivity index (χ1) is 12.4. The van der Waals surface area contributed by atoms with Crippen molar-refractivity contribution in [3.63, 3.8) is 0 Å². The van der Waals surface area contributed by atoms with Crippen molar-refractivity contribution >= 4 is 39.6 Å². The highest BCUT2D eigenvalue weighted by molar-refractivity contribution is 7.91. The summed E-state index contributed by atoms with van der Waals surface area (Å²) in [6, 6.07) is 9.89. The lowest BCUT2D eigenvalue weighted by molar-refractivity contribution is -0.192. The van der Waals surface area contributed by atoms with Crippen LogP contribution in [0.5, 0.6) is 0 Å². The van der Waals surface area contributed by atoms with E-state index in [4.69, 9.17) is 21.0 Å². The van der Waals surface area contributed by atoms with E-state index in [1.54, 1.807) is 6.26 Å². The first-order valence-electron chi connectivity index (χ1n) is 7.75. The molecule has 0 spiro atoms. The highest BCUT2D eigenvalue weighted by Gasteiger charge is 2.38. The van der Waals surface area contributed by atoms with Crippen molar-refractivity contribution in [2.45, 2.75) is 23.9 Å². The minimum Gasteiger partial charge on any atom is -0.612 e. The van der Waals surface area contributed by atoms with Crippen LogP contribution in [-0.2, 0) is 16.0 Å². The van der Waals surface area contributed by atoms with Crippen LogP contribution in [0.25, 0.3) is 10.8 Å². The van der Waals surface area contributed by atoms with Crippen LogP contribution in [0.1, 0.15) is 18.4 Å². The van der Waals surface area contributed by atoms with Crippen molar-refractivity contribution in [3.05, 3.63) is 35.9 Å². The number of nitrogens with zero attached hydrogens (tertiary/aromatic N) is 1. The number of benzene rings is 2. The van der Waals surface area contributed by atoms with E-state index in [1.165, 1.54) is 5.56 Å². The molecule has 1 aliphatic heterocycles. The number of carboxylic acid groups (broad SMARTS) is 1. The maximum absolute atomic E-state index is 11.9. The van der Waals surface area contributed by atoms with E-state index >= 15 is 0 Å². The second-order valence-electron chi connectivity index (χ2n) is 6.00. The normalized spacial score (nSPS) is 17.1. The Morgan fingerprint density at radius 2 is 1.93 bits per heavy atom. The largest absolute Gasteiger partial charge is 0.612 e. The number of guanidine groups is 1. The number of carbonyl (C=O) groups is 1. The van der Waals surface area contributed by atoms with Crippen LogP contribution >= 0.6 is 0 Å². The Balaban J connectivity index is 0.000000321. The minimum absolute atomic E-state index is 0.0742. The monoisotopic (exact) mass is 401 g/mol. The van der Waals surface area contributed by atoms with Crippen molar-refractivity contribution in [1.29, 1.82) is 5.41 Å². The molecule has 27 heavy (non-hydrogen) atoms. The van der Waals surface area contributed by atoms with E-state index in [9.17, 15) is 17.7 Å². The highest BCUT2D eigenvalue weighted by atomic mass is 32.2. The molecular weight excluding hydrogens is 383 g/mol. The van der Waals surface area contributed by atoms with Crippen molar-refractivity contribution in [1.82, 2.24) is 0 Å². The van der Waals surface area contributed by atoms with Gasteiger partial charge < -0.3 is 20.3 Å². The number of hydrogen-bond donors (Lipinski definition) is 3. The third-order valence-corrected chi connectivity index (χ3v) is 5.10. The zero-order chi connectivity index (χ0) is 20.5. The van der Waals surface area contributed by atoms with Crippen LogP contribution in [0.15, 0.2) is 35.2 Å². The molecule has 3 rings (SSSR count). The summed E-state index contributed by atoms with van der Waals surface area (Å²) in [6.45, 7) is 2.86. The number of rotatable bonds is 1. The molecule has 0 saturated carbocycles. The fourth-order valence-corrected chi connectivity index (χ4v) is 3.79. The van der Waals surface area contributed by atoms with E-state index in [2.05, 4.69) is 13.0 Å². The predicted molar refractivity (Wildman–Crippen MR) is 97.6 cm³/mol. The average Bonchev–Trinajstić information content (AvgIpc) is 2.91. The van der Waals surface area contributed by atoms with Gasteiger partial charge in [-0.3, -0.25) is 5.41 Å². The third-order valence-electron chi connectivity index (χ3n) is 4.12. The van der Waals surface area contributed by atoms with Gasteiger partial charge in [0.05, 0.1) is 0 Å². The fourth-order valence-electron chi connectivity index (χ4n) is 3.04. The number of nitrogens with one attached hydrogen (secondary N) is 1. The number of aliphatic carboxylic acids is 1. The number of halogens is 3. The van der Waals surface area contributed by atoms with E-state index in [1.807, 2.05) is 29.2 Å². The summed E-state index contributed by atoms with van der Waals surface area (Å²) in [5, 5.41) is 17.0. The van der Waals surface area contributed by atoms with Gasteiger partial charge >= 0.3 is 12.1 Å². The molecule has 0 fully saturated rings. The second-order valence-corrected chi connectivity index (χ2v) is 7.35. The topological polar surface area (TPSA) is 113 Å². The molecule has 2 unspecified atom stereocenters. The van der Waals surface area contributed by atoms with Gasteiger partial charge in [0.2, 0.25) is 0 Å². The standard InChI is InChI=1S/C15H17N3OS.C2HF3O2/c1-9-8-18(15(16)17)12-7-6-10-11(14(9)12)4-3-5-13(10)20(2)19;3-2(4,5)1(6)7/h3-7,9H,8H2,1-2H3,(H3,16,17);(H,6,7). The van der Waals surface area contributed by atoms with Gasteiger partial charge in [0.15, 0.2) is 10.9 Å². The lowest BCUT2D eigenvalue weighted by atomic mass is 9.96. The number of carboxylic acids is 1. The van der Waals surface area contributed by atoms with E-state index < -0.39 is 23.3 Å². The Morgan fingerprint density at radius 3 is 2.41 bits per heavy atom. The summed E-state index contributed by atoms with van der Waals surface area (Å²) in [4.78, 5) is 11.6. The van der Waals surface area contributed by atoms with Crippen molar-refractivity contribution in [2.24, 2.45) is 5.73 Å². The van der Waals surface area contributed by atoms with Gasteiger partial charge in [-0.05, 0) is 40.3 Å². The summed E-state index contributed by atoms with van der Waals surface area (Å²) in [6.07, 6.45) is -3.38. The van der Waals surface area contributed by atoms with Gasteiger partial charge in [-0.2, -0.15) is 13.2 Å². The highest BCUT2D eigenvalue weighted by Crippen LogP contribution is 2.41. The van der Waals surface area contributed by atoms with Gasteiger partial charge in [-0.1, -0.05) is 19.1 Å². The Kier molecular flexibility index (Phi) is 5.91. The summed E-state index contributed by atoms with van der Waals surface area (Å²) < 4.78 is 43.6. The molecule has 0 bridgehead atoms. The smallest absolute Gasteiger partial charge is 0.490 e. The number of fused-ring (bicyclic) bond motifs is 3. The molecule has 0 saturated heterocycles. The van der Waals surface area contributed by atoms with Crippen LogP contribution in [0, 0.1) is 5.41 Å². The third kappa shape index (κ3) is 4.28. The summed E-state index contributed by atoms with van der Waals surface area (Å²) in [5.74, 6) is -2.38. The summed E-state index contributed by atoms with van der Waals surface area (Å²) in [7, 11) is 0. The van der Waals surface area contributed by atoms with Crippen molar-refractivity contribution < 1.29 is 27.6 Å². The van der Waals surface area contributed by atoms with E-state index in [-0.39, 0.29) is 5.96 Å². The van der Waals surface area contributed by atoms with Gasteiger partial charge in [0.25, 0.3) is 0 Å². The van der Waals surface area contributed by atoms with Gasteiger partial charge in [-0.15, -0.1) is 0 Å². The molecule has 0 aliphatic carbocycles. The second kappa shape index (κ2) is 7.65. The summed E-state index contributed by atoms with van der Waals surface area (Å²) >= 11 is -1.01. The molecule has 10 heteroatoms. The first-order valence-corrected chi connectivity index (χ1v) is 9.31. The van der Waals surface area contributed by atoms with E-state index in [0.29, 0.717) is 5.92 Å². The summed E-state index contributed by atoms with van der Waals surface area (Å²) in [5.41, 5.74) is 7.85.